The number of hydrogen-bond donors (Lipinski definition) is 2. The van der Waals surface area contributed by atoms with Gasteiger partial charge < -0.3 is 20.5 Å². The van der Waals surface area contributed by atoms with Gasteiger partial charge in [0.2, 0.25) is 5.91 Å². The van der Waals surface area contributed by atoms with Crippen LogP contribution in [-0.4, -0.2) is 26.2 Å². The van der Waals surface area contributed by atoms with E-state index in [9.17, 15) is 4.79 Å². The smallest absolute Gasteiger partial charge is 0.227 e. The summed E-state index contributed by atoms with van der Waals surface area (Å²) in [5.74, 6) is 1.12. The molecule has 1 atom stereocenters. The van der Waals surface area contributed by atoms with Gasteiger partial charge in [0.15, 0.2) is 11.5 Å². The summed E-state index contributed by atoms with van der Waals surface area (Å²) in [6, 6.07) is 5.32. The highest BCUT2D eigenvalue weighted by Gasteiger charge is 2.13. The fourth-order valence-electron chi connectivity index (χ4n) is 1.67. The van der Waals surface area contributed by atoms with E-state index in [0.29, 0.717) is 36.8 Å². The number of anilines is 1. The van der Waals surface area contributed by atoms with Crippen molar-refractivity contribution in [2.24, 2.45) is 11.7 Å². The van der Waals surface area contributed by atoms with Crippen LogP contribution in [0.2, 0.25) is 0 Å². The monoisotopic (exact) mass is 266 g/mol. The molecule has 5 nitrogen and oxygen atoms in total. The number of nitrogens with one attached hydrogen (secondary N) is 1. The molecule has 19 heavy (non-hydrogen) atoms. The van der Waals surface area contributed by atoms with Crippen LogP contribution in [0.5, 0.6) is 11.5 Å². The first-order chi connectivity index (χ1) is 9.12. The van der Waals surface area contributed by atoms with E-state index in [1.165, 1.54) is 0 Å². The highest BCUT2D eigenvalue weighted by Crippen LogP contribution is 2.30. The van der Waals surface area contributed by atoms with E-state index in [2.05, 4.69) is 5.32 Å². The highest BCUT2D eigenvalue weighted by molar-refractivity contribution is 5.92. The molecule has 0 saturated carbocycles. The lowest BCUT2D eigenvalue weighted by atomic mass is 10.1. The third-order valence-electron chi connectivity index (χ3n) is 2.78. The zero-order valence-electron chi connectivity index (χ0n) is 11.7. The molecule has 0 aromatic heterocycles. The Morgan fingerprint density at radius 3 is 2.74 bits per heavy atom. The van der Waals surface area contributed by atoms with Crippen molar-refractivity contribution in [2.45, 2.75) is 20.3 Å². The predicted molar refractivity (Wildman–Crippen MR) is 75.6 cm³/mol. The van der Waals surface area contributed by atoms with Gasteiger partial charge in [0.1, 0.15) is 0 Å². The quantitative estimate of drug-likeness (QED) is 0.792. The minimum absolute atomic E-state index is 0.0435. The molecule has 0 aliphatic rings. The Morgan fingerprint density at radius 1 is 1.42 bits per heavy atom. The number of carbonyl (C=O) groups excluding carboxylic acids is 1. The molecule has 1 aromatic carbocycles. The summed E-state index contributed by atoms with van der Waals surface area (Å²) < 4.78 is 10.7. The number of methoxy groups -OCH3 is 1. The van der Waals surface area contributed by atoms with Gasteiger partial charge in [-0.25, -0.2) is 0 Å². The average molecular weight is 266 g/mol. The maximum atomic E-state index is 11.9. The topological polar surface area (TPSA) is 73.6 Å². The Morgan fingerprint density at radius 2 is 2.16 bits per heavy atom. The van der Waals surface area contributed by atoms with Gasteiger partial charge in [0.25, 0.3) is 0 Å². The van der Waals surface area contributed by atoms with E-state index in [-0.39, 0.29) is 11.8 Å². The third kappa shape index (κ3) is 4.44. The molecule has 0 heterocycles. The summed E-state index contributed by atoms with van der Waals surface area (Å²) in [5, 5.41) is 2.85. The van der Waals surface area contributed by atoms with Crippen LogP contribution in [0.4, 0.5) is 5.69 Å². The standard InChI is InChI=1S/C14H22N2O3/c1-4-19-13-9-11(5-6-12(13)18-3)16-14(17)10(2)7-8-15/h5-6,9-10H,4,7-8,15H2,1-3H3,(H,16,17). The molecular formula is C14H22N2O3. The number of benzene rings is 1. The number of nitrogens with two attached hydrogens (primary N) is 1. The maximum Gasteiger partial charge on any atom is 0.227 e. The van der Waals surface area contributed by atoms with E-state index in [4.69, 9.17) is 15.2 Å². The van der Waals surface area contributed by atoms with Crippen LogP contribution in [0.3, 0.4) is 0 Å². The van der Waals surface area contributed by atoms with Gasteiger partial charge in [-0.1, -0.05) is 6.92 Å². The molecule has 1 rings (SSSR count). The first-order valence-electron chi connectivity index (χ1n) is 6.44. The van der Waals surface area contributed by atoms with Crippen LogP contribution in [0.15, 0.2) is 18.2 Å². The van der Waals surface area contributed by atoms with E-state index in [1.807, 2.05) is 13.8 Å². The van der Waals surface area contributed by atoms with Gasteiger partial charge in [0, 0.05) is 17.7 Å². The molecule has 3 N–H and O–H groups in total. The highest BCUT2D eigenvalue weighted by atomic mass is 16.5. The van der Waals surface area contributed by atoms with Crippen LogP contribution in [0.25, 0.3) is 0 Å². The second-order valence-electron chi connectivity index (χ2n) is 4.27. The van der Waals surface area contributed by atoms with Crippen molar-refractivity contribution >= 4 is 11.6 Å². The summed E-state index contributed by atoms with van der Waals surface area (Å²) in [4.78, 5) is 11.9. The second kappa shape index (κ2) is 7.63. The van der Waals surface area contributed by atoms with Crippen molar-refractivity contribution < 1.29 is 14.3 Å². The van der Waals surface area contributed by atoms with Crippen LogP contribution >= 0.6 is 0 Å². The van der Waals surface area contributed by atoms with Gasteiger partial charge in [-0.3, -0.25) is 4.79 Å². The van der Waals surface area contributed by atoms with Gasteiger partial charge in [-0.05, 0) is 32.0 Å². The maximum absolute atomic E-state index is 11.9. The molecule has 1 unspecified atom stereocenters. The molecule has 0 fully saturated rings. The Bertz CT molecular complexity index is 421. The Kier molecular flexibility index (Phi) is 6.15. The van der Waals surface area contributed by atoms with E-state index in [1.54, 1.807) is 25.3 Å². The van der Waals surface area contributed by atoms with Gasteiger partial charge in [-0.15, -0.1) is 0 Å². The number of hydrogen-bond acceptors (Lipinski definition) is 4. The van der Waals surface area contributed by atoms with Crippen molar-refractivity contribution in [3.05, 3.63) is 18.2 Å². The molecule has 0 radical (unpaired) electrons. The molecule has 0 spiro atoms. The first-order valence-corrected chi connectivity index (χ1v) is 6.44. The van der Waals surface area contributed by atoms with Crippen molar-refractivity contribution in [1.29, 1.82) is 0 Å². The molecule has 1 amide bonds. The summed E-state index contributed by atoms with van der Waals surface area (Å²) >= 11 is 0. The summed E-state index contributed by atoms with van der Waals surface area (Å²) in [7, 11) is 1.58. The van der Waals surface area contributed by atoms with Gasteiger partial charge in [0.05, 0.1) is 13.7 Å². The molecule has 5 heteroatoms. The van der Waals surface area contributed by atoms with Crippen LogP contribution in [0.1, 0.15) is 20.3 Å². The second-order valence-corrected chi connectivity index (χ2v) is 4.27. The van der Waals surface area contributed by atoms with Crippen molar-refractivity contribution in [2.75, 3.05) is 25.6 Å². The fraction of sp³-hybridized carbons (Fsp3) is 0.500. The minimum atomic E-state index is -0.109. The van der Waals surface area contributed by atoms with Crippen molar-refractivity contribution in [3.8, 4) is 11.5 Å². The molecule has 0 bridgehead atoms. The Labute approximate surface area is 114 Å². The number of amides is 1. The van der Waals surface area contributed by atoms with Gasteiger partial charge >= 0.3 is 0 Å². The van der Waals surface area contributed by atoms with Crippen LogP contribution in [-0.2, 0) is 4.79 Å². The predicted octanol–water partition coefficient (Wildman–Crippen LogP) is 2.02. The molecule has 0 aliphatic heterocycles. The zero-order valence-corrected chi connectivity index (χ0v) is 11.7. The zero-order chi connectivity index (χ0) is 14.3. The molecular weight excluding hydrogens is 244 g/mol. The van der Waals surface area contributed by atoms with E-state index < -0.39 is 0 Å². The Hall–Kier alpha value is -1.75. The number of carbonyl (C=O) groups is 1. The first kappa shape index (κ1) is 15.3. The van der Waals surface area contributed by atoms with Gasteiger partial charge in [-0.2, -0.15) is 0 Å². The lowest BCUT2D eigenvalue weighted by molar-refractivity contribution is -0.119. The Balaban J connectivity index is 2.78. The molecule has 1 aromatic rings. The van der Waals surface area contributed by atoms with Crippen LogP contribution < -0.4 is 20.5 Å². The van der Waals surface area contributed by atoms with Crippen LogP contribution in [0, 0.1) is 5.92 Å². The summed E-state index contributed by atoms with van der Waals surface area (Å²) in [5.41, 5.74) is 6.14. The van der Waals surface area contributed by atoms with Crippen molar-refractivity contribution in [3.63, 3.8) is 0 Å². The largest absolute Gasteiger partial charge is 0.493 e. The molecule has 0 aliphatic carbocycles. The average Bonchev–Trinajstić information content (AvgIpc) is 2.39. The fourth-order valence-corrected chi connectivity index (χ4v) is 1.67. The normalized spacial score (nSPS) is 11.8. The van der Waals surface area contributed by atoms with E-state index in [0.717, 1.165) is 0 Å². The third-order valence-corrected chi connectivity index (χ3v) is 2.78. The number of ether oxygens (including phenoxy) is 2. The molecule has 0 saturated heterocycles. The lowest BCUT2D eigenvalue weighted by Gasteiger charge is -2.14. The number of rotatable bonds is 7. The lowest BCUT2D eigenvalue weighted by Crippen LogP contribution is -2.22. The summed E-state index contributed by atoms with van der Waals surface area (Å²) in [6.45, 7) is 4.79. The van der Waals surface area contributed by atoms with Crippen molar-refractivity contribution in [1.82, 2.24) is 0 Å². The summed E-state index contributed by atoms with van der Waals surface area (Å²) in [6.07, 6.45) is 0.667. The minimum Gasteiger partial charge on any atom is -0.493 e. The SMILES string of the molecule is CCOc1cc(NC(=O)C(C)CCN)ccc1OC. The van der Waals surface area contributed by atoms with E-state index >= 15 is 0 Å². The molecule has 106 valence electrons.